The molecule has 0 saturated carbocycles. The Morgan fingerprint density at radius 1 is 1.08 bits per heavy atom. The molecule has 1 saturated heterocycles. The Balaban J connectivity index is 1.89. The Kier molecular flexibility index (Phi) is 17.7. The number of phosphoric ester groups is 1. The lowest BCUT2D eigenvalue weighted by molar-refractivity contribution is -0.0520. The number of phosphoric acid groups is 3. The summed E-state index contributed by atoms with van der Waals surface area (Å²) in [6, 6.07) is 0. The number of nitrogens with zero attached hydrogens (tertiary/aromatic N) is 5. The van der Waals surface area contributed by atoms with Crippen molar-refractivity contribution < 1.29 is 60.6 Å². The molecule has 53 heavy (non-hydrogen) atoms. The number of ether oxygens (including phenoxy) is 3. The maximum Gasteiger partial charge on any atom is 0.490 e. The zero-order valence-corrected chi connectivity index (χ0v) is 35.9. The second kappa shape index (κ2) is 20.1. The molecule has 1 aliphatic heterocycles. The summed E-state index contributed by atoms with van der Waals surface area (Å²) in [5.41, 5.74) is 6.73. The van der Waals surface area contributed by atoms with E-state index in [0.717, 1.165) is 0 Å². The summed E-state index contributed by atoms with van der Waals surface area (Å²) >= 11 is 0. The highest BCUT2D eigenvalue weighted by Crippen LogP contribution is 2.66. The summed E-state index contributed by atoms with van der Waals surface area (Å²) in [5.74, 6) is 7.08. The van der Waals surface area contributed by atoms with Gasteiger partial charge in [-0.3, -0.25) is 4.52 Å². The van der Waals surface area contributed by atoms with E-state index < -0.39 is 48.5 Å². The molecule has 3 heterocycles. The van der Waals surface area contributed by atoms with Crippen LogP contribution in [-0.2, 0) is 41.1 Å². The molecule has 1 fully saturated rings. The molecule has 0 spiro atoms. The molecule has 2 aromatic rings. The number of rotatable bonds is 20. The first-order valence-electron chi connectivity index (χ1n) is 15.5. The van der Waals surface area contributed by atoms with E-state index in [4.69, 9.17) is 34.3 Å². The molecule has 0 aliphatic carbocycles. The van der Waals surface area contributed by atoms with Crippen LogP contribution in [0.4, 0.5) is 5.82 Å². The summed E-state index contributed by atoms with van der Waals surface area (Å²) < 4.78 is 67.6. The summed E-state index contributed by atoms with van der Waals surface area (Å²) in [4.78, 5) is 52.4. The zero-order valence-electron chi connectivity index (χ0n) is 30.0. The maximum atomic E-state index is 12.5. The van der Waals surface area contributed by atoms with Gasteiger partial charge < -0.3 is 49.0 Å². The van der Waals surface area contributed by atoms with Crippen molar-refractivity contribution in [3.05, 3.63) is 18.1 Å². The Bertz CT molecular complexity index is 1770. The van der Waals surface area contributed by atoms with Gasteiger partial charge in [-0.1, -0.05) is 75.8 Å². The summed E-state index contributed by atoms with van der Waals surface area (Å²) in [5, 5.41) is 0.530. The van der Waals surface area contributed by atoms with Crippen molar-refractivity contribution in [2.24, 2.45) is 10.7 Å². The molecule has 2 aromatic heterocycles. The molecule has 5 atom stereocenters. The molecular formula is C27H45N6O13P3S4. The third-order valence-corrected chi connectivity index (χ3v) is 16.0. The quantitative estimate of drug-likeness (QED) is 0.0216. The van der Waals surface area contributed by atoms with Crippen molar-refractivity contribution in [1.29, 1.82) is 0 Å². The van der Waals surface area contributed by atoms with Crippen LogP contribution in [0, 0.1) is 11.8 Å². The van der Waals surface area contributed by atoms with Crippen LogP contribution in [0.1, 0.15) is 52.8 Å². The first kappa shape index (κ1) is 46.7. The highest BCUT2D eigenvalue weighted by molar-refractivity contribution is 8.77. The van der Waals surface area contributed by atoms with Crippen molar-refractivity contribution in [2.45, 2.75) is 69.0 Å². The van der Waals surface area contributed by atoms with Gasteiger partial charge in [-0.05, 0) is 13.8 Å². The van der Waals surface area contributed by atoms with Crippen LogP contribution < -0.4 is 5.73 Å². The van der Waals surface area contributed by atoms with Gasteiger partial charge in [0.1, 0.15) is 42.8 Å². The average Bonchev–Trinajstić information content (AvgIpc) is 3.59. The summed E-state index contributed by atoms with van der Waals surface area (Å²) in [6.07, 6.45) is 2.26. The van der Waals surface area contributed by atoms with E-state index in [-0.39, 0.29) is 28.5 Å². The van der Waals surface area contributed by atoms with Crippen LogP contribution in [0.25, 0.3) is 11.0 Å². The number of nitrogens with two attached hydrogens (primary N) is 1. The van der Waals surface area contributed by atoms with Gasteiger partial charge in [0.2, 0.25) is 0 Å². The van der Waals surface area contributed by atoms with E-state index in [1.165, 1.54) is 27.9 Å². The molecule has 0 aromatic carbocycles. The van der Waals surface area contributed by atoms with Gasteiger partial charge >= 0.3 is 23.5 Å². The van der Waals surface area contributed by atoms with E-state index in [1.807, 2.05) is 48.7 Å². The first-order valence-corrected chi connectivity index (χ1v) is 24.7. The molecule has 26 heteroatoms. The number of aromatic nitrogens is 3. The fourth-order valence-corrected chi connectivity index (χ4v) is 11.2. The number of hydrogen-bond acceptors (Lipinski definition) is 17. The molecular weight excluding hydrogens is 838 g/mol. The molecule has 6 N–H and O–H groups in total. The number of hydrogen-bond donors (Lipinski definition) is 5. The van der Waals surface area contributed by atoms with Crippen LogP contribution in [0.15, 0.2) is 17.5 Å². The Labute approximate surface area is 323 Å². The van der Waals surface area contributed by atoms with Gasteiger partial charge in [-0.25, -0.2) is 28.7 Å². The number of aliphatic imine (C=N–C) groups is 1. The average molecular weight is 883 g/mol. The van der Waals surface area contributed by atoms with Crippen LogP contribution in [0.3, 0.4) is 0 Å². The van der Waals surface area contributed by atoms with Gasteiger partial charge in [-0.15, -0.1) is 0 Å². The monoisotopic (exact) mass is 882 g/mol. The second-order valence-corrected chi connectivity index (χ2v) is 23.3. The van der Waals surface area contributed by atoms with Crippen LogP contribution in [-0.4, -0.2) is 113 Å². The van der Waals surface area contributed by atoms with Crippen LogP contribution in [0.5, 0.6) is 0 Å². The van der Waals surface area contributed by atoms with Gasteiger partial charge in [0.15, 0.2) is 5.82 Å². The lowest BCUT2D eigenvalue weighted by Gasteiger charge is -2.22. The van der Waals surface area contributed by atoms with E-state index >= 15 is 0 Å². The largest absolute Gasteiger partial charge is 0.490 e. The minimum atomic E-state index is -5.72. The summed E-state index contributed by atoms with van der Waals surface area (Å²) in [6.45, 7) is 10.2. The van der Waals surface area contributed by atoms with Crippen LogP contribution in [0.2, 0.25) is 0 Å². The Morgan fingerprint density at radius 3 is 2.42 bits per heavy atom. The van der Waals surface area contributed by atoms with E-state index in [0.29, 0.717) is 34.9 Å². The molecule has 0 amide bonds. The highest BCUT2D eigenvalue weighted by Gasteiger charge is 2.44. The van der Waals surface area contributed by atoms with Crippen molar-refractivity contribution in [1.82, 2.24) is 19.4 Å². The molecule has 1 aliphatic rings. The van der Waals surface area contributed by atoms with Crippen molar-refractivity contribution in [3.8, 4) is 11.8 Å². The third kappa shape index (κ3) is 16.7. The molecule has 0 bridgehead atoms. The highest BCUT2D eigenvalue weighted by atomic mass is 33.1. The van der Waals surface area contributed by atoms with Gasteiger partial charge in [-0.2, -0.15) is 8.62 Å². The van der Waals surface area contributed by atoms with Crippen molar-refractivity contribution in [3.63, 3.8) is 0 Å². The fourth-order valence-electron chi connectivity index (χ4n) is 4.11. The molecule has 3 unspecified atom stereocenters. The minimum absolute atomic E-state index is 0.0717. The predicted octanol–water partition coefficient (Wildman–Crippen LogP) is 5.25. The van der Waals surface area contributed by atoms with Crippen LogP contribution >= 0.6 is 66.6 Å². The maximum absolute atomic E-state index is 12.5. The predicted molar refractivity (Wildman–Crippen MR) is 208 cm³/mol. The Hall–Kier alpha value is -0.700. The van der Waals surface area contributed by atoms with Crippen molar-refractivity contribution >= 4 is 89.8 Å². The third-order valence-electron chi connectivity index (χ3n) is 6.25. The lowest BCUT2D eigenvalue weighted by Crippen LogP contribution is -2.29. The first-order chi connectivity index (χ1) is 24.5. The molecule has 0 radical (unpaired) electrons. The second-order valence-electron chi connectivity index (χ2n) is 12.9. The smallest absolute Gasteiger partial charge is 0.369 e. The molecule has 300 valence electrons. The SMILES string of the molecule is CN(C)/C=N/c1ncnc2c1c(C#CCOCSSC(C)(C)CN)cn2[C@H]1CC(OCSSC(C)(C)C)[C@@H](COP(=O)(O)OP(=O)(O)OP(=O)(O)O)O1. The Morgan fingerprint density at radius 2 is 1.77 bits per heavy atom. The number of fused-ring (bicyclic) bond motifs is 1. The van der Waals surface area contributed by atoms with E-state index in [1.54, 1.807) is 43.6 Å². The standard InChI is InChI=1S/C27H45N6O13P3S4/c1-26(2,3)52-51-18-42-20-11-22(44-21(20)13-43-48(37,38)46-49(39,40)45-47(34,35)36)33-12-19(9-8-10-41-17-50-53-27(4,5)14-28)23-24(31-16-32(6)7)29-15-30-25(23)33/h12,15-16,20-22H,10-11,13-14,17-18,28H2,1-7H3,(H,37,38)(H,39,40)(H2,34,35,36)/b31-16+/t20?,21-,22-/m1/s1. The summed E-state index contributed by atoms with van der Waals surface area (Å²) in [7, 11) is -6.91. The molecule has 3 rings (SSSR count). The van der Waals surface area contributed by atoms with Crippen molar-refractivity contribution in [2.75, 3.05) is 45.7 Å². The fraction of sp³-hybridized carbons (Fsp3) is 0.667. The minimum Gasteiger partial charge on any atom is -0.369 e. The van der Waals surface area contributed by atoms with E-state index in [9.17, 15) is 23.5 Å². The molecule has 19 nitrogen and oxygen atoms in total. The van der Waals surface area contributed by atoms with Gasteiger partial charge in [0, 0.05) is 42.8 Å². The topological polar surface area (TPSA) is 260 Å². The van der Waals surface area contributed by atoms with Gasteiger partial charge in [0.25, 0.3) is 0 Å². The van der Waals surface area contributed by atoms with E-state index in [2.05, 4.69) is 35.4 Å². The zero-order chi connectivity index (χ0) is 39.7. The normalized spacial score (nSPS) is 20.7. The lowest BCUT2D eigenvalue weighted by atomic mass is 10.2. The van der Waals surface area contributed by atoms with Gasteiger partial charge in [0.05, 0.1) is 30.0 Å².